The first-order valence-corrected chi connectivity index (χ1v) is 10.7. The molecule has 0 aromatic heterocycles. The van der Waals surface area contributed by atoms with Crippen LogP contribution in [0.25, 0.3) is 0 Å². The van der Waals surface area contributed by atoms with Crippen molar-refractivity contribution in [2.45, 2.75) is 90.9 Å². The molecule has 4 heteroatoms. The molecule has 0 unspecified atom stereocenters. The highest BCUT2D eigenvalue weighted by Crippen LogP contribution is 2.13. The summed E-state index contributed by atoms with van der Waals surface area (Å²) >= 11 is 0. The zero-order chi connectivity index (χ0) is 19.7. The predicted molar refractivity (Wildman–Crippen MR) is 112 cm³/mol. The summed E-state index contributed by atoms with van der Waals surface area (Å²) in [4.78, 5) is 23.9. The number of amides is 1. The number of carbonyl (C=O) groups excluding carboxylic acids is 2. The highest BCUT2D eigenvalue weighted by molar-refractivity contribution is 5.93. The SMILES string of the molecule is CCCCCCCCCCCC(=O)Nc1ccc(C(=O)OCCCC)cc1. The molecule has 1 N–H and O–H groups in total. The number of hydrogen-bond acceptors (Lipinski definition) is 3. The van der Waals surface area contributed by atoms with Crippen molar-refractivity contribution in [2.75, 3.05) is 11.9 Å². The number of unbranched alkanes of at least 4 members (excludes halogenated alkanes) is 9. The van der Waals surface area contributed by atoms with Crippen LogP contribution in [0.4, 0.5) is 5.69 Å². The molecular weight excluding hydrogens is 338 g/mol. The van der Waals surface area contributed by atoms with E-state index in [4.69, 9.17) is 4.74 Å². The van der Waals surface area contributed by atoms with Gasteiger partial charge in [-0.1, -0.05) is 71.6 Å². The lowest BCUT2D eigenvalue weighted by Crippen LogP contribution is -2.11. The Kier molecular flexibility index (Phi) is 13.1. The van der Waals surface area contributed by atoms with Crippen molar-refractivity contribution >= 4 is 17.6 Å². The van der Waals surface area contributed by atoms with E-state index in [1.807, 2.05) is 0 Å². The van der Waals surface area contributed by atoms with Crippen molar-refractivity contribution in [3.8, 4) is 0 Å². The molecule has 0 heterocycles. The van der Waals surface area contributed by atoms with Crippen molar-refractivity contribution in [1.82, 2.24) is 0 Å². The Morgan fingerprint density at radius 3 is 1.93 bits per heavy atom. The lowest BCUT2D eigenvalue weighted by Gasteiger charge is -2.07. The molecule has 0 aliphatic rings. The Morgan fingerprint density at radius 2 is 1.33 bits per heavy atom. The van der Waals surface area contributed by atoms with Gasteiger partial charge in [0.1, 0.15) is 0 Å². The Labute approximate surface area is 165 Å². The molecule has 0 fully saturated rings. The molecule has 1 aromatic carbocycles. The first-order chi connectivity index (χ1) is 13.2. The van der Waals surface area contributed by atoms with Crippen molar-refractivity contribution in [2.24, 2.45) is 0 Å². The van der Waals surface area contributed by atoms with Crippen molar-refractivity contribution in [3.63, 3.8) is 0 Å². The van der Waals surface area contributed by atoms with Gasteiger partial charge in [0, 0.05) is 12.1 Å². The second-order valence-corrected chi connectivity index (χ2v) is 7.19. The van der Waals surface area contributed by atoms with E-state index in [1.165, 1.54) is 44.9 Å². The molecule has 0 aliphatic carbocycles. The molecule has 152 valence electrons. The van der Waals surface area contributed by atoms with Crippen LogP contribution in [0.15, 0.2) is 24.3 Å². The fraction of sp³-hybridized carbons (Fsp3) is 0.652. The van der Waals surface area contributed by atoms with Crippen LogP contribution in [-0.2, 0) is 9.53 Å². The molecule has 0 radical (unpaired) electrons. The first kappa shape index (κ1) is 23.2. The Hall–Kier alpha value is -1.84. The van der Waals surface area contributed by atoms with E-state index in [-0.39, 0.29) is 11.9 Å². The number of nitrogens with one attached hydrogen (secondary N) is 1. The van der Waals surface area contributed by atoms with Gasteiger partial charge in [-0.25, -0.2) is 4.79 Å². The highest BCUT2D eigenvalue weighted by atomic mass is 16.5. The summed E-state index contributed by atoms with van der Waals surface area (Å²) in [5.74, 6) is -0.271. The zero-order valence-electron chi connectivity index (χ0n) is 17.2. The Morgan fingerprint density at radius 1 is 0.778 bits per heavy atom. The van der Waals surface area contributed by atoms with E-state index in [0.717, 1.165) is 31.4 Å². The quantitative estimate of drug-likeness (QED) is 0.281. The van der Waals surface area contributed by atoms with Gasteiger partial charge in [0.25, 0.3) is 0 Å². The minimum atomic E-state index is -0.309. The molecule has 1 aromatic rings. The number of anilines is 1. The van der Waals surface area contributed by atoms with Crippen LogP contribution in [0.1, 0.15) is 101 Å². The molecule has 4 nitrogen and oxygen atoms in total. The second-order valence-electron chi connectivity index (χ2n) is 7.19. The van der Waals surface area contributed by atoms with Gasteiger partial charge in [0.05, 0.1) is 12.2 Å². The summed E-state index contributed by atoms with van der Waals surface area (Å²) in [5.41, 5.74) is 1.24. The van der Waals surface area contributed by atoms with Crippen LogP contribution >= 0.6 is 0 Å². The zero-order valence-corrected chi connectivity index (χ0v) is 17.2. The Balaban J connectivity index is 2.15. The number of esters is 1. The van der Waals surface area contributed by atoms with Crippen LogP contribution < -0.4 is 5.32 Å². The van der Waals surface area contributed by atoms with Gasteiger partial charge in [0.15, 0.2) is 0 Å². The summed E-state index contributed by atoms with van der Waals surface area (Å²) in [6.45, 7) is 4.74. The van der Waals surface area contributed by atoms with E-state index in [0.29, 0.717) is 18.6 Å². The standard InChI is InChI=1S/C23H37NO3/c1-3-5-7-8-9-10-11-12-13-14-22(25)24-21-17-15-20(16-18-21)23(26)27-19-6-4-2/h15-18H,3-14,19H2,1-2H3,(H,24,25). The monoisotopic (exact) mass is 375 g/mol. The van der Waals surface area contributed by atoms with E-state index < -0.39 is 0 Å². The van der Waals surface area contributed by atoms with Gasteiger partial charge in [-0.3, -0.25) is 4.79 Å². The molecule has 0 atom stereocenters. The molecule has 0 saturated heterocycles. The van der Waals surface area contributed by atoms with Gasteiger partial charge >= 0.3 is 5.97 Å². The minimum Gasteiger partial charge on any atom is -0.462 e. The van der Waals surface area contributed by atoms with E-state index in [1.54, 1.807) is 24.3 Å². The topological polar surface area (TPSA) is 55.4 Å². The molecule has 0 aliphatic heterocycles. The average Bonchev–Trinajstić information content (AvgIpc) is 2.67. The summed E-state index contributed by atoms with van der Waals surface area (Å²) in [5, 5.41) is 2.89. The van der Waals surface area contributed by atoms with Gasteiger partial charge in [-0.2, -0.15) is 0 Å². The predicted octanol–water partition coefficient (Wildman–Crippen LogP) is 6.50. The summed E-state index contributed by atoms with van der Waals surface area (Å²) in [7, 11) is 0. The lowest BCUT2D eigenvalue weighted by molar-refractivity contribution is -0.116. The average molecular weight is 376 g/mol. The van der Waals surface area contributed by atoms with Crippen LogP contribution in [0.5, 0.6) is 0 Å². The molecule has 0 saturated carbocycles. The first-order valence-electron chi connectivity index (χ1n) is 10.7. The van der Waals surface area contributed by atoms with Gasteiger partial charge in [0.2, 0.25) is 5.91 Å². The van der Waals surface area contributed by atoms with E-state index in [9.17, 15) is 9.59 Å². The highest BCUT2D eigenvalue weighted by Gasteiger charge is 2.07. The van der Waals surface area contributed by atoms with Gasteiger partial charge < -0.3 is 10.1 Å². The maximum Gasteiger partial charge on any atom is 0.338 e. The Bertz CT molecular complexity index is 525. The van der Waals surface area contributed by atoms with Gasteiger partial charge in [-0.15, -0.1) is 0 Å². The minimum absolute atomic E-state index is 0.0382. The third kappa shape index (κ3) is 11.5. The van der Waals surface area contributed by atoms with Crippen LogP contribution in [0, 0.1) is 0 Å². The van der Waals surface area contributed by atoms with E-state index in [2.05, 4.69) is 19.2 Å². The third-order valence-corrected chi connectivity index (χ3v) is 4.64. The number of hydrogen-bond donors (Lipinski definition) is 1. The van der Waals surface area contributed by atoms with Crippen molar-refractivity contribution in [1.29, 1.82) is 0 Å². The summed E-state index contributed by atoms with van der Waals surface area (Å²) < 4.78 is 5.18. The fourth-order valence-corrected chi connectivity index (χ4v) is 2.90. The number of carbonyl (C=O) groups is 2. The normalized spacial score (nSPS) is 10.6. The summed E-state index contributed by atoms with van der Waals surface area (Å²) in [6.07, 6.45) is 13.6. The molecule has 0 bridgehead atoms. The van der Waals surface area contributed by atoms with Crippen molar-refractivity contribution in [3.05, 3.63) is 29.8 Å². The number of rotatable bonds is 15. The smallest absolute Gasteiger partial charge is 0.338 e. The van der Waals surface area contributed by atoms with Crippen LogP contribution in [0.3, 0.4) is 0 Å². The van der Waals surface area contributed by atoms with Crippen LogP contribution in [-0.4, -0.2) is 18.5 Å². The second kappa shape index (κ2) is 15.2. The van der Waals surface area contributed by atoms with Crippen LogP contribution in [0.2, 0.25) is 0 Å². The van der Waals surface area contributed by atoms with Crippen molar-refractivity contribution < 1.29 is 14.3 Å². The fourth-order valence-electron chi connectivity index (χ4n) is 2.90. The maximum absolute atomic E-state index is 12.0. The molecule has 0 spiro atoms. The molecular formula is C23H37NO3. The number of ether oxygens (including phenoxy) is 1. The lowest BCUT2D eigenvalue weighted by atomic mass is 10.1. The number of benzene rings is 1. The molecule has 1 rings (SSSR count). The maximum atomic E-state index is 12.0. The summed E-state index contributed by atoms with van der Waals surface area (Å²) in [6, 6.07) is 6.90. The third-order valence-electron chi connectivity index (χ3n) is 4.64. The van der Waals surface area contributed by atoms with E-state index >= 15 is 0 Å². The largest absolute Gasteiger partial charge is 0.462 e. The van der Waals surface area contributed by atoms with Gasteiger partial charge in [-0.05, 0) is 37.1 Å². The molecule has 1 amide bonds. The molecule has 27 heavy (non-hydrogen) atoms.